The highest BCUT2D eigenvalue weighted by Gasteiger charge is 2.80. The zero-order chi connectivity index (χ0) is 42.4. The number of carbonyl (C=O) groups excluding carboxylic acids is 1. The Morgan fingerprint density at radius 1 is 0.683 bits per heavy atom. The predicted molar refractivity (Wildman–Crippen MR) is 228 cm³/mol. The van der Waals surface area contributed by atoms with Gasteiger partial charge in [-0.2, -0.15) is 0 Å². The number of aliphatic hydroxyl groups is 1. The van der Waals surface area contributed by atoms with E-state index in [1.807, 2.05) is 78.9 Å². The van der Waals surface area contributed by atoms with Gasteiger partial charge in [-0.05, 0) is 53.8 Å². The van der Waals surface area contributed by atoms with E-state index in [9.17, 15) is 19.5 Å². The fourth-order valence-corrected chi connectivity index (χ4v) is 8.47. The monoisotopic (exact) mass is 826 g/mol. The maximum absolute atomic E-state index is 13.0. The van der Waals surface area contributed by atoms with Crippen LogP contribution in [-0.4, -0.2) is 72.0 Å². The second-order valence-corrected chi connectivity index (χ2v) is 16.0. The van der Waals surface area contributed by atoms with Crippen molar-refractivity contribution in [2.45, 2.75) is 133 Å². The minimum atomic E-state index is -1.61. The molecule has 1 aromatic heterocycles. The number of aromatic amines is 1. The average molecular weight is 827 g/mol. The Kier molecular flexibility index (Phi) is 16.2. The summed E-state index contributed by atoms with van der Waals surface area (Å²) in [6.45, 7) is 2.34. The Hall–Kier alpha value is -4.75. The highest BCUT2D eigenvalue weighted by molar-refractivity contribution is 5.65. The molecule has 2 heterocycles. The van der Waals surface area contributed by atoms with Crippen molar-refractivity contribution in [1.29, 1.82) is 0 Å². The molecule has 0 amide bonds. The van der Waals surface area contributed by atoms with Crippen molar-refractivity contribution in [3.8, 4) is 11.5 Å². The number of nitrogens with zero attached hydrogens (tertiary/aromatic N) is 1. The van der Waals surface area contributed by atoms with Crippen LogP contribution in [0.1, 0.15) is 120 Å². The fraction of sp³-hybridized carbons (Fsp3) is 0.521. The van der Waals surface area contributed by atoms with Crippen LogP contribution in [0, 0.1) is 0 Å². The number of ether oxygens (including phenoxy) is 6. The average Bonchev–Trinajstić information content (AvgIpc) is 3.69. The number of fused-ring (bicyclic) bond motifs is 1. The van der Waals surface area contributed by atoms with Crippen molar-refractivity contribution in [3.05, 3.63) is 129 Å². The molecule has 4 aromatic rings. The molecule has 1 unspecified atom stereocenters. The number of esters is 1. The van der Waals surface area contributed by atoms with E-state index in [-0.39, 0.29) is 5.97 Å². The summed E-state index contributed by atoms with van der Waals surface area (Å²) in [7, 11) is 3.24. The lowest BCUT2D eigenvalue weighted by Gasteiger charge is -2.38. The van der Waals surface area contributed by atoms with Crippen LogP contribution in [-0.2, 0) is 29.3 Å². The Bertz CT molecular complexity index is 1990. The zero-order valence-corrected chi connectivity index (χ0v) is 35.4. The van der Waals surface area contributed by atoms with E-state index in [1.54, 1.807) is 14.2 Å². The van der Waals surface area contributed by atoms with E-state index in [2.05, 4.69) is 4.98 Å². The van der Waals surface area contributed by atoms with Crippen LogP contribution in [0.5, 0.6) is 11.5 Å². The third kappa shape index (κ3) is 10.8. The lowest BCUT2D eigenvalue weighted by Crippen LogP contribution is -2.45. The molecule has 5 atom stereocenters. The van der Waals surface area contributed by atoms with Gasteiger partial charge in [-0.15, -0.1) is 0 Å². The maximum atomic E-state index is 13.0. The quantitative estimate of drug-likeness (QED) is 0.0363. The number of nitrogens with one attached hydrogen (secondary N) is 1. The Morgan fingerprint density at radius 2 is 1.17 bits per heavy atom. The molecule has 2 fully saturated rings. The van der Waals surface area contributed by atoms with Gasteiger partial charge in [-0.25, -0.2) is 4.79 Å². The first-order chi connectivity index (χ1) is 29.2. The summed E-state index contributed by atoms with van der Waals surface area (Å²) in [6.07, 6.45) is 13.8. The minimum absolute atomic E-state index is 0.200. The van der Waals surface area contributed by atoms with Gasteiger partial charge in [0.2, 0.25) is 0 Å². The van der Waals surface area contributed by atoms with Gasteiger partial charge < -0.3 is 33.5 Å². The SMILES string of the molecule is COc1ccc(C(OC2[C@H]3O[C@@H](n4ccc(=O)[nH]c4=O)[C@H](OCCCCCCCCCCCCCCCCOC(C)=O)[C@@]23O)(c2ccccc2)c2ccc(OC)cc2)cc1. The normalized spacial score (nSPS) is 20.7. The molecule has 60 heavy (non-hydrogen) atoms. The smallest absolute Gasteiger partial charge is 0.330 e. The highest BCUT2D eigenvalue weighted by atomic mass is 16.7. The minimum Gasteiger partial charge on any atom is -0.497 e. The molecule has 0 radical (unpaired) electrons. The summed E-state index contributed by atoms with van der Waals surface area (Å²) in [6, 6.07) is 26.4. The second kappa shape index (κ2) is 21.7. The summed E-state index contributed by atoms with van der Waals surface area (Å²) in [5, 5.41) is 12.6. The summed E-state index contributed by atoms with van der Waals surface area (Å²) in [4.78, 5) is 38.2. The van der Waals surface area contributed by atoms with Crippen LogP contribution in [0.3, 0.4) is 0 Å². The van der Waals surface area contributed by atoms with Gasteiger partial charge in [0.15, 0.2) is 11.8 Å². The van der Waals surface area contributed by atoms with Crippen molar-refractivity contribution in [3.63, 3.8) is 0 Å². The number of aromatic nitrogens is 2. The van der Waals surface area contributed by atoms with Crippen molar-refractivity contribution in [2.24, 2.45) is 0 Å². The van der Waals surface area contributed by atoms with E-state index >= 15 is 0 Å². The number of carbonyl (C=O) groups is 1. The van der Waals surface area contributed by atoms with Crippen LogP contribution >= 0.6 is 0 Å². The van der Waals surface area contributed by atoms with Crippen molar-refractivity contribution in [1.82, 2.24) is 9.55 Å². The lowest BCUT2D eigenvalue weighted by atomic mass is 9.80. The highest BCUT2D eigenvalue weighted by Crippen LogP contribution is 2.59. The lowest BCUT2D eigenvalue weighted by molar-refractivity contribution is -0.154. The molecule has 1 saturated carbocycles. The molecule has 6 rings (SSSR count). The number of unbranched alkanes of at least 4 members (excludes halogenated alkanes) is 13. The molecule has 3 aromatic carbocycles. The van der Waals surface area contributed by atoms with E-state index < -0.39 is 47.0 Å². The van der Waals surface area contributed by atoms with Crippen LogP contribution in [0.4, 0.5) is 0 Å². The maximum Gasteiger partial charge on any atom is 0.330 e. The van der Waals surface area contributed by atoms with Gasteiger partial charge in [0, 0.05) is 25.8 Å². The van der Waals surface area contributed by atoms with Crippen LogP contribution < -0.4 is 20.7 Å². The molecule has 324 valence electrons. The molecule has 1 saturated heterocycles. The number of H-pyrrole nitrogens is 1. The third-order valence-electron chi connectivity index (χ3n) is 11.8. The van der Waals surface area contributed by atoms with Gasteiger partial charge in [0.25, 0.3) is 5.56 Å². The summed E-state index contributed by atoms with van der Waals surface area (Å²) >= 11 is 0. The molecule has 2 aliphatic rings. The summed E-state index contributed by atoms with van der Waals surface area (Å²) in [5.74, 6) is 1.18. The Morgan fingerprint density at radius 3 is 1.65 bits per heavy atom. The summed E-state index contributed by atoms with van der Waals surface area (Å²) < 4.78 is 37.5. The molecule has 12 heteroatoms. The van der Waals surface area contributed by atoms with Gasteiger partial charge in [-0.1, -0.05) is 132 Å². The van der Waals surface area contributed by atoms with Crippen molar-refractivity contribution < 1.29 is 38.3 Å². The van der Waals surface area contributed by atoms with E-state index in [0.29, 0.717) is 24.7 Å². The van der Waals surface area contributed by atoms with Gasteiger partial charge in [0.05, 0.1) is 20.8 Å². The number of rotatable bonds is 26. The molecule has 2 N–H and O–H groups in total. The molecular weight excluding hydrogens is 765 g/mol. The number of benzene rings is 3. The van der Waals surface area contributed by atoms with Crippen molar-refractivity contribution in [2.75, 3.05) is 27.4 Å². The Labute approximate surface area is 353 Å². The van der Waals surface area contributed by atoms with Gasteiger partial charge in [-0.3, -0.25) is 19.1 Å². The molecular formula is C48H62N2O10. The number of hydrogen-bond acceptors (Lipinski definition) is 10. The van der Waals surface area contributed by atoms with E-state index in [0.717, 1.165) is 55.2 Å². The molecule has 1 aliphatic heterocycles. The number of hydrogen-bond donors (Lipinski definition) is 2. The van der Waals surface area contributed by atoms with Gasteiger partial charge >= 0.3 is 11.7 Å². The largest absolute Gasteiger partial charge is 0.497 e. The molecule has 0 spiro atoms. The third-order valence-corrected chi connectivity index (χ3v) is 11.8. The fourth-order valence-electron chi connectivity index (χ4n) is 8.47. The summed E-state index contributed by atoms with van der Waals surface area (Å²) in [5.41, 5.74) is -1.54. The topological polar surface area (TPSA) is 148 Å². The van der Waals surface area contributed by atoms with E-state index in [4.69, 9.17) is 28.4 Å². The standard InChI is InChI=1S/C48H62N2O10/c1-35(51)57-33-19-14-12-10-8-6-4-5-7-9-11-13-15-20-34-58-44-45(50-32-31-41(52)49-46(50)53)59-42-43(47(42,44)54)60-48(36-21-17-16-18-22-36,37-23-27-39(55-2)28-24-37)38-25-29-40(56-3)30-26-38/h16-18,21-32,42-45,54H,4-15,19-20,33-34H2,1-3H3,(H,49,52,53)/t42-,43?,44+,45-,47+/m1/s1. The van der Waals surface area contributed by atoms with Crippen LogP contribution in [0.2, 0.25) is 0 Å². The first-order valence-corrected chi connectivity index (χ1v) is 21.7. The van der Waals surface area contributed by atoms with E-state index in [1.165, 1.54) is 75.1 Å². The molecule has 12 nitrogen and oxygen atoms in total. The van der Waals surface area contributed by atoms with Crippen LogP contribution in [0.25, 0.3) is 0 Å². The first kappa shape index (κ1) is 44.8. The predicted octanol–water partition coefficient (Wildman–Crippen LogP) is 7.98. The molecule has 0 bridgehead atoms. The Balaban J connectivity index is 1.08. The van der Waals surface area contributed by atoms with Crippen molar-refractivity contribution >= 4 is 5.97 Å². The first-order valence-electron chi connectivity index (χ1n) is 21.7. The second-order valence-electron chi connectivity index (χ2n) is 16.0. The molecule has 1 aliphatic carbocycles. The zero-order valence-electron chi connectivity index (χ0n) is 35.4. The van der Waals surface area contributed by atoms with Crippen LogP contribution in [0.15, 0.2) is 101 Å². The number of methoxy groups -OCH3 is 2. The van der Waals surface area contributed by atoms with Gasteiger partial charge in [0.1, 0.15) is 35.4 Å².